The Balaban J connectivity index is 0.936. The van der Waals surface area contributed by atoms with Crippen LogP contribution in [-0.2, 0) is 21.8 Å². The number of hydrogen-bond acceptors (Lipinski definition) is 9. The van der Waals surface area contributed by atoms with E-state index in [1.807, 2.05) is 30.0 Å². The average molecular weight is 681 g/mol. The number of benzene rings is 3. The average Bonchev–Trinajstić information content (AvgIpc) is 3.83. The molecule has 0 spiro atoms. The fourth-order valence-electron chi connectivity index (χ4n) is 5.91. The standard InChI is InChI=1S/C33H35Cl2N7O3S/c1-39-15-16-46-32(39)38-25-3-2-4-27(18-25)41-13-11-40(12-14-41)26-6-8-28(9-7-26)43-19-29-20-44-33(45-29,21-42-23-36-22-37-42)30-10-5-24(34)17-31(30)35/h2-10,17-18,22-23,29H,11-16,19-21H2,1H3. The van der Waals surface area contributed by atoms with Gasteiger partial charge in [0.1, 0.15) is 37.7 Å². The second kappa shape index (κ2) is 13.7. The second-order valence-electron chi connectivity index (χ2n) is 11.5. The minimum Gasteiger partial charge on any atom is -0.491 e. The Kier molecular flexibility index (Phi) is 9.28. The minimum atomic E-state index is -1.14. The molecule has 3 aromatic carbocycles. The largest absolute Gasteiger partial charge is 0.491 e. The highest BCUT2D eigenvalue weighted by Crippen LogP contribution is 2.40. The van der Waals surface area contributed by atoms with Gasteiger partial charge in [-0.15, -0.1) is 0 Å². The van der Waals surface area contributed by atoms with Crippen LogP contribution < -0.4 is 14.5 Å². The van der Waals surface area contributed by atoms with E-state index in [9.17, 15) is 0 Å². The third-order valence-corrected chi connectivity index (χ3v) is 9.95. The van der Waals surface area contributed by atoms with Crippen molar-refractivity contribution in [2.75, 3.05) is 68.5 Å². The minimum absolute atomic E-state index is 0.282. The van der Waals surface area contributed by atoms with Crippen molar-refractivity contribution in [1.82, 2.24) is 19.7 Å². The second-order valence-corrected chi connectivity index (χ2v) is 13.4. The molecule has 1 aromatic heterocycles. The van der Waals surface area contributed by atoms with Crippen LogP contribution in [0.2, 0.25) is 10.0 Å². The Morgan fingerprint density at radius 1 is 0.978 bits per heavy atom. The Labute approximate surface area is 282 Å². The van der Waals surface area contributed by atoms with Crippen LogP contribution in [-0.4, -0.2) is 89.7 Å². The summed E-state index contributed by atoms with van der Waals surface area (Å²) in [6.07, 6.45) is 2.78. The highest BCUT2D eigenvalue weighted by atomic mass is 35.5. The van der Waals surface area contributed by atoms with Gasteiger partial charge in [-0.1, -0.05) is 47.1 Å². The molecule has 0 aliphatic carbocycles. The van der Waals surface area contributed by atoms with Crippen LogP contribution in [0.15, 0.2) is 84.4 Å². The lowest BCUT2D eigenvalue weighted by molar-refractivity contribution is -0.190. The molecule has 3 aliphatic heterocycles. The monoisotopic (exact) mass is 679 g/mol. The Hall–Kier alpha value is -3.48. The van der Waals surface area contributed by atoms with Gasteiger partial charge >= 0.3 is 0 Å². The lowest BCUT2D eigenvalue weighted by atomic mass is 10.1. The number of halogens is 2. The summed E-state index contributed by atoms with van der Waals surface area (Å²) in [6, 6.07) is 22.1. The van der Waals surface area contributed by atoms with E-state index in [1.165, 1.54) is 17.7 Å². The van der Waals surface area contributed by atoms with Crippen molar-refractivity contribution >= 4 is 57.2 Å². The highest BCUT2D eigenvalue weighted by molar-refractivity contribution is 8.14. The van der Waals surface area contributed by atoms with Crippen molar-refractivity contribution in [3.05, 3.63) is 95.0 Å². The number of rotatable bonds is 9. The summed E-state index contributed by atoms with van der Waals surface area (Å²) in [5, 5.41) is 6.33. The van der Waals surface area contributed by atoms with Crippen LogP contribution in [0.5, 0.6) is 5.75 Å². The van der Waals surface area contributed by atoms with Crippen molar-refractivity contribution in [3.8, 4) is 5.75 Å². The summed E-state index contributed by atoms with van der Waals surface area (Å²) in [5.74, 6) is 0.728. The van der Waals surface area contributed by atoms with Crippen LogP contribution in [0.25, 0.3) is 0 Å². The first-order chi connectivity index (χ1) is 22.4. The topological polar surface area (TPSA) is 80.5 Å². The van der Waals surface area contributed by atoms with Crippen LogP contribution in [0.4, 0.5) is 17.1 Å². The molecule has 4 heterocycles. The van der Waals surface area contributed by atoms with E-state index in [2.05, 4.69) is 68.2 Å². The molecule has 3 fully saturated rings. The van der Waals surface area contributed by atoms with E-state index < -0.39 is 5.79 Å². The molecule has 7 rings (SSSR count). The summed E-state index contributed by atoms with van der Waals surface area (Å²) in [5.41, 5.74) is 4.09. The third-order valence-electron chi connectivity index (χ3n) is 8.36. The molecule has 46 heavy (non-hydrogen) atoms. The van der Waals surface area contributed by atoms with Gasteiger partial charge in [-0.25, -0.2) is 14.7 Å². The smallest absolute Gasteiger partial charge is 0.217 e. The molecule has 4 aromatic rings. The maximum atomic E-state index is 6.58. The molecule has 3 saturated heterocycles. The van der Waals surface area contributed by atoms with Gasteiger partial charge in [0.05, 0.1) is 17.3 Å². The number of amidine groups is 1. The summed E-state index contributed by atoms with van der Waals surface area (Å²) in [4.78, 5) is 16.0. The lowest BCUT2D eigenvalue weighted by Gasteiger charge is -2.37. The van der Waals surface area contributed by atoms with Crippen LogP contribution in [0.3, 0.4) is 0 Å². The number of aliphatic imine (C=N–C) groups is 1. The normalized spacial score (nSPS) is 22.6. The number of aromatic nitrogens is 3. The van der Waals surface area contributed by atoms with Crippen molar-refractivity contribution < 1.29 is 14.2 Å². The maximum Gasteiger partial charge on any atom is 0.217 e. The number of piperazine rings is 1. The fourth-order valence-corrected chi connectivity index (χ4v) is 7.50. The summed E-state index contributed by atoms with van der Waals surface area (Å²) < 4.78 is 20.5. The van der Waals surface area contributed by atoms with Gasteiger partial charge in [-0.2, -0.15) is 5.10 Å². The van der Waals surface area contributed by atoms with E-state index in [0.717, 1.165) is 55.1 Å². The zero-order valence-electron chi connectivity index (χ0n) is 25.5. The Bertz CT molecular complexity index is 1670. The summed E-state index contributed by atoms with van der Waals surface area (Å²) in [6.45, 7) is 5.75. The predicted octanol–water partition coefficient (Wildman–Crippen LogP) is 5.93. The first-order valence-corrected chi connectivity index (χ1v) is 17.0. The number of nitrogens with zero attached hydrogens (tertiary/aromatic N) is 7. The molecule has 2 atom stereocenters. The Morgan fingerprint density at radius 2 is 1.78 bits per heavy atom. The lowest BCUT2D eigenvalue weighted by Crippen LogP contribution is -2.46. The molecular formula is C33H35Cl2N7O3S. The quantitative estimate of drug-likeness (QED) is 0.214. The van der Waals surface area contributed by atoms with Gasteiger partial charge in [0.25, 0.3) is 0 Å². The van der Waals surface area contributed by atoms with Gasteiger partial charge < -0.3 is 28.9 Å². The van der Waals surface area contributed by atoms with Crippen molar-refractivity contribution in [3.63, 3.8) is 0 Å². The van der Waals surface area contributed by atoms with Gasteiger partial charge in [0.15, 0.2) is 5.17 Å². The fraction of sp³-hybridized carbons (Fsp3) is 0.364. The number of anilines is 2. The van der Waals surface area contributed by atoms with Crippen LogP contribution >= 0.6 is 35.0 Å². The summed E-state index contributed by atoms with van der Waals surface area (Å²) in [7, 11) is 2.10. The molecule has 0 amide bonds. The van der Waals surface area contributed by atoms with Crippen LogP contribution in [0, 0.1) is 0 Å². The van der Waals surface area contributed by atoms with Crippen molar-refractivity contribution in [2.45, 2.75) is 18.4 Å². The van der Waals surface area contributed by atoms with Crippen molar-refractivity contribution in [2.24, 2.45) is 4.99 Å². The zero-order valence-corrected chi connectivity index (χ0v) is 27.8. The van der Waals surface area contributed by atoms with Crippen LogP contribution in [0.1, 0.15) is 5.56 Å². The van der Waals surface area contributed by atoms with E-state index in [-0.39, 0.29) is 12.6 Å². The molecule has 10 nitrogen and oxygen atoms in total. The molecule has 3 aliphatic rings. The number of thioether (sulfide) groups is 1. The van der Waals surface area contributed by atoms with E-state index >= 15 is 0 Å². The highest BCUT2D eigenvalue weighted by Gasteiger charge is 2.45. The van der Waals surface area contributed by atoms with Gasteiger partial charge in [0.2, 0.25) is 5.79 Å². The number of hydrogen-bond donors (Lipinski definition) is 0. The first kappa shape index (κ1) is 31.1. The molecule has 240 valence electrons. The molecular weight excluding hydrogens is 645 g/mol. The SMILES string of the molecule is CN1CCSC1=Nc1cccc(N2CCN(c3ccc(OCC4COC(Cn5cncn5)(c5ccc(Cl)cc5Cl)O4)cc3)CC2)c1. The number of ether oxygens (including phenoxy) is 3. The van der Waals surface area contributed by atoms with E-state index in [4.69, 9.17) is 42.4 Å². The zero-order chi connectivity index (χ0) is 31.5. The van der Waals surface area contributed by atoms with Gasteiger partial charge in [-0.05, 0) is 54.6 Å². The Morgan fingerprint density at radius 3 is 2.50 bits per heavy atom. The molecule has 0 saturated carbocycles. The third kappa shape index (κ3) is 6.94. The predicted molar refractivity (Wildman–Crippen MR) is 184 cm³/mol. The first-order valence-electron chi connectivity index (χ1n) is 15.3. The summed E-state index contributed by atoms with van der Waals surface area (Å²) >= 11 is 14.6. The molecule has 0 bridgehead atoms. The van der Waals surface area contributed by atoms with E-state index in [0.29, 0.717) is 28.8 Å². The molecule has 2 unspecified atom stereocenters. The van der Waals surface area contributed by atoms with Crippen molar-refractivity contribution in [1.29, 1.82) is 0 Å². The van der Waals surface area contributed by atoms with Gasteiger partial charge in [-0.3, -0.25) is 0 Å². The molecule has 0 radical (unpaired) electrons. The maximum absolute atomic E-state index is 6.58. The molecule has 0 N–H and O–H groups in total. The molecule has 13 heteroatoms. The van der Waals surface area contributed by atoms with Gasteiger partial charge in [0, 0.05) is 67.5 Å². The van der Waals surface area contributed by atoms with E-state index in [1.54, 1.807) is 23.1 Å².